The topological polar surface area (TPSA) is 66.4 Å². The van der Waals surface area contributed by atoms with Crippen LogP contribution < -0.4 is 15.0 Å². The minimum absolute atomic E-state index is 0.0499. The predicted molar refractivity (Wildman–Crippen MR) is 156 cm³/mol. The van der Waals surface area contributed by atoms with Crippen molar-refractivity contribution in [2.75, 3.05) is 37.7 Å². The molecule has 4 aliphatic heterocycles. The fourth-order valence-corrected chi connectivity index (χ4v) is 7.92. The van der Waals surface area contributed by atoms with E-state index in [0.29, 0.717) is 40.5 Å². The van der Waals surface area contributed by atoms with Crippen molar-refractivity contribution in [3.05, 3.63) is 53.4 Å². The molecule has 9 heteroatoms. The molecule has 2 unspecified atom stereocenters. The SMILES string of the molecule is Fc1c(-c2cccc3cccc(Cl)c23)ncc2c(N3CC4CCC(C3)N4)nc(OCC34CCCN3CCC4)nc12. The van der Waals surface area contributed by atoms with Crippen molar-refractivity contribution in [3.8, 4) is 17.3 Å². The maximum atomic E-state index is 16.6. The van der Waals surface area contributed by atoms with Gasteiger partial charge in [-0.2, -0.15) is 9.97 Å². The number of piperazine rings is 1. The average molecular weight is 559 g/mol. The molecule has 0 spiro atoms. The molecule has 4 aromatic rings. The number of pyridine rings is 1. The lowest BCUT2D eigenvalue weighted by molar-refractivity contribution is 0.108. The fraction of sp³-hybridized carbons (Fsp3) is 0.452. The molecule has 2 bridgehead atoms. The van der Waals surface area contributed by atoms with Gasteiger partial charge in [-0.05, 0) is 63.1 Å². The quantitative estimate of drug-likeness (QED) is 0.343. The Bertz CT molecular complexity index is 1600. The first-order chi connectivity index (χ1) is 19.6. The Morgan fingerprint density at radius 3 is 2.55 bits per heavy atom. The Morgan fingerprint density at radius 1 is 1.02 bits per heavy atom. The molecule has 7 nitrogen and oxygen atoms in total. The highest BCUT2D eigenvalue weighted by atomic mass is 35.5. The first kappa shape index (κ1) is 24.7. The number of hydrogen-bond acceptors (Lipinski definition) is 7. The molecule has 4 fully saturated rings. The number of anilines is 1. The molecule has 0 radical (unpaired) electrons. The lowest BCUT2D eigenvalue weighted by atomic mass is 9.95. The maximum absolute atomic E-state index is 16.6. The summed E-state index contributed by atoms with van der Waals surface area (Å²) >= 11 is 6.60. The highest BCUT2D eigenvalue weighted by molar-refractivity contribution is 6.36. The largest absolute Gasteiger partial charge is 0.461 e. The summed E-state index contributed by atoms with van der Waals surface area (Å²) in [5.74, 6) is 0.234. The van der Waals surface area contributed by atoms with Crippen LogP contribution in [-0.4, -0.2) is 70.3 Å². The summed E-state index contributed by atoms with van der Waals surface area (Å²) in [6, 6.07) is 12.5. The number of halogens is 2. The Hall–Kier alpha value is -3.07. The van der Waals surface area contributed by atoms with Gasteiger partial charge in [0, 0.05) is 47.3 Å². The van der Waals surface area contributed by atoms with Crippen molar-refractivity contribution in [3.63, 3.8) is 0 Å². The number of hydrogen-bond donors (Lipinski definition) is 1. The van der Waals surface area contributed by atoms with Crippen LogP contribution in [0.5, 0.6) is 6.01 Å². The van der Waals surface area contributed by atoms with Gasteiger partial charge in [0.25, 0.3) is 0 Å². The second-order valence-electron chi connectivity index (χ2n) is 11.9. The van der Waals surface area contributed by atoms with Crippen LogP contribution in [0.3, 0.4) is 0 Å². The second-order valence-corrected chi connectivity index (χ2v) is 12.3. The van der Waals surface area contributed by atoms with E-state index in [1.54, 1.807) is 6.20 Å². The summed E-state index contributed by atoms with van der Waals surface area (Å²) in [5, 5.41) is 6.58. The second kappa shape index (κ2) is 9.50. The van der Waals surface area contributed by atoms with Gasteiger partial charge in [0.05, 0.1) is 10.9 Å². The molecule has 40 heavy (non-hydrogen) atoms. The van der Waals surface area contributed by atoms with Crippen LogP contribution in [0.1, 0.15) is 38.5 Å². The van der Waals surface area contributed by atoms with Crippen LogP contribution in [0, 0.1) is 5.82 Å². The molecule has 2 aromatic carbocycles. The smallest absolute Gasteiger partial charge is 0.319 e. The van der Waals surface area contributed by atoms with Gasteiger partial charge in [0.15, 0.2) is 5.82 Å². The molecule has 206 valence electrons. The Morgan fingerprint density at radius 2 is 1.77 bits per heavy atom. The van der Waals surface area contributed by atoms with Gasteiger partial charge in [-0.3, -0.25) is 9.88 Å². The van der Waals surface area contributed by atoms with Crippen LogP contribution in [0.25, 0.3) is 32.9 Å². The van der Waals surface area contributed by atoms with Crippen molar-refractivity contribution >= 4 is 39.1 Å². The van der Waals surface area contributed by atoms with Crippen LogP contribution in [0.2, 0.25) is 5.02 Å². The molecule has 1 N–H and O–H groups in total. The molecule has 2 atom stereocenters. The molecule has 6 heterocycles. The zero-order chi connectivity index (χ0) is 26.8. The lowest BCUT2D eigenvalue weighted by Gasteiger charge is -2.34. The molecule has 8 rings (SSSR count). The summed E-state index contributed by atoms with van der Waals surface area (Å²) < 4.78 is 23.0. The van der Waals surface area contributed by atoms with E-state index in [0.717, 1.165) is 62.6 Å². The van der Waals surface area contributed by atoms with Gasteiger partial charge < -0.3 is 15.0 Å². The van der Waals surface area contributed by atoms with Crippen LogP contribution in [0.15, 0.2) is 42.6 Å². The minimum Gasteiger partial charge on any atom is -0.461 e. The molecular weight excluding hydrogens is 527 g/mol. The number of aromatic nitrogens is 3. The number of fused-ring (bicyclic) bond motifs is 5. The number of nitrogens with one attached hydrogen (secondary N) is 1. The van der Waals surface area contributed by atoms with Crippen molar-refractivity contribution in [2.45, 2.75) is 56.1 Å². The van der Waals surface area contributed by atoms with Crippen molar-refractivity contribution in [1.29, 1.82) is 0 Å². The van der Waals surface area contributed by atoms with Gasteiger partial charge in [-0.15, -0.1) is 0 Å². The van der Waals surface area contributed by atoms with Gasteiger partial charge >= 0.3 is 6.01 Å². The Kier molecular flexibility index (Phi) is 5.87. The van der Waals surface area contributed by atoms with Crippen LogP contribution >= 0.6 is 11.6 Å². The third-order valence-electron chi connectivity index (χ3n) is 9.55. The highest BCUT2D eigenvalue weighted by Gasteiger charge is 2.45. The first-order valence-corrected chi connectivity index (χ1v) is 14.9. The first-order valence-electron chi connectivity index (χ1n) is 14.5. The molecule has 0 amide bonds. The van der Waals surface area contributed by atoms with Crippen molar-refractivity contribution in [1.82, 2.24) is 25.2 Å². The van der Waals surface area contributed by atoms with Crippen LogP contribution in [0.4, 0.5) is 10.2 Å². The van der Waals surface area contributed by atoms with E-state index in [-0.39, 0.29) is 22.8 Å². The molecule has 4 saturated heterocycles. The maximum Gasteiger partial charge on any atom is 0.319 e. The summed E-state index contributed by atoms with van der Waals surface area (Å²) in [7, 11) is 0. The average Bonchev–Trinajstić information content (AvgIpc) is 3.65. The summed E-state index contributed by atoms with van der Waals surface area (Å²) in [4.78, 5) is 19.1. The molecule has 0 aliphatic carbocycles. The monoisotopic (exact) mass is 558 g/mol. The van der Waals surface area contributed by atoms with Gasteiger partial charge in [0.1, 0.15) is 23.6 Å². The number of ether oxygens (including phenoxy) is 1. The third kappa shape index (κ3) is 3.95. The molecule has 2 aromatic heterocycles. The normalized spacial score (nSPS) is 23.8. The Labute approximate surface area is 237 Å². The third-order valence-corrected chi connectivity index (χ3v) is 9.86. The lowest BCUT2D eigenvalue weighted by Crippen LogP contribution is -2.51. The standard InChI is InChI=1S/C31H32ClFN6O/c32-24-8-2-6-19-5-1-7-22(25(19)24)27-26(33)28-23(15-34-27)29(38-16-20-9-10-21(17-38)35-20)37-30(36-28)40-18-31-11-3-13-39(31)14-4-12-31/h1-2,5-8,15,20-21,35H,3-4,9-14,16-18H2. The summed E-state index contributed by atoms with van der Waals surface area (Å²) in [6.45, 7) is 4.41. The van der Waals surface area contributed by atoms with Crippen molar-refractivity contribution < 1.29 is 9.13 Å². The fourth-order valence-electron chi connectivity index (χ4n) is 7.64. The number of benzene rings is 2. The number of nitrogens with zero attached hydrogens (tertiary/aromatic N) is 5. The predicted octanol–water partition coefficient (Wildman–Crippen LogP) is 5.59. The van der Waals surface area contributed by atoms with Gasteiger partial charge in [-0.25, -0.2) is 4.39 Å². The molecular formula is C31H32ClFN6O. The van der Waals surface area contributed by atoms with Crippen molar-refractivity contribution in [2.24, 2.45) is 0 Å². The van der Waals surface area contributed by atoms with E-state index < -0.39 is 5.82 Å². The highest BCUT2D eigenvalue weighted by Crippen LogP contribution is 2.40. The van der Waals surface area contributed by atoms with E-state index >= 15 is 4.39 Å². The van der Waals surface area contributed by atoms with E-state index in [2.05, 4.69) is 20.1 Å². The van der Waals surface area contributed by atoms with E-state index in [4.69, 9.17) is 26.3 Å². The number of rotatable bonds is 5. The minimum atomic E-state index is -0.474. The zero-order valence-corrected chi connectivity index (χ0v) is 23.1. The Balaban J connectivity index is 1.25. The van der Waals surface area contributed by atoms with Crippen LogP contribution in [-0.2, 0) is 0 Å². The van der Waals surface area contributed by atoms with Gasteiger partial charge in [0.2, 0.25) is 0 Å². The summed E-state index contributed by atoms with van der Waals surface area (Å²) in [6.07, 6.45) is 8.63. The van der Waals surface area contributed by atoms with E-state index in [1.165, 1.54) is 12.8 Å². The zero-order valence-electron chi connectivity index (χ0n) is 22.4. The molecule has 0 saturated carbocycles. The molecule has 4 aliphatic rings. The van der Waals surface area contributed by atoms with Gasteiger partial charge in [-0.1, -0.05) is 41.9 Å². The summed E-state index contributed by atoms with van der Waals surface area (Å²) in [5.41, 5.74) is 1.18. The van der Waals surface area contributed by atoms with E-state index in [9.17, 15) is 0 Å². The van der Waals surface area contributed by atoms with E-state index in [1.807, 2.05) is 36.4 Å².